The predicted octanol–water partition coefficient (Wildman–Crippen LogP) is 4.43. The fourth-order valence-corrected chi connectivity index (χ4v) is 3.70. The fourth-order valence-electron chi connectivity index (χ4n) is 1.88. The molecule has 96 valence electrons. The van der Waals surface area contributed by atoms with Gasteiger partial charge in [0.2, 0.25) is 0 Å². The summed E-state index contributed by atoms with van der Waals surface area (Å²) in [5.41, 5.74) is 2.80. The molecule has 2 nitrogen and oxygen atoms in total. The first-order chi connectivity index (χ1) is 9.22. The van der Waals surface area contributed by atoms with Crippen LogP contribution in [0, 0.1) is 12.7 Å². The summed E-state index contributed by atoms with van der Waals surface area (Å²) in [6, 6.07) is 6.78. The Hall–Kier alpha value is -1.46. The number of aryl methyl sites for hydroxylation is 1. The molecular weight excluding hydrogens is 279 g/mol. The van der Waals surface area contributed by atoms with Crippen molar-refractivity contribution in [2.45, 2.75) is 17.0 Å². The molecule has 0 spiro atoms. The molecule has 0 radical (unpaired) electrons. The zero-order chi connectivity index (χ0) is 13.2. The third kappa shape index (κ3) is 2.77. The summed E-state index contributed by atoms with van der Waals surface area (Å²) in [6.07, 6.45) is 1.74. The minimum Gasteiger partial charge on any atom is -0.256 e. The summed E-state index contributed by atoms with van der Waals surface area (Å²) < 4.78 is 14.6. The molecule has 2 aromatic heterocycles. The molecule has 19 heavy (non-hydrogen) atoms. The standard InChI is InChI=1S/C14H11FN2S2/c1-9-7-18-14(17-9)19-8-11-6-12(15)5-10-3-2-4-16-13(10)11/h2-7H,8H2,1H3. The van der Waals surface area contributed by atoms with E-state index in [1.54, 1.807) is 35.4 Å². The Morgan fingerprint density at radius 3 is 3.05 bits per heavy atom. The van der Waals surface area contributed by atoms with E-state index in [0.29, 0.717) is 5.75 Å². The molecule has 0 N–H and O–H groups in total. The Labute approximate surface area is 118 Å². The molecule has 0 amide bonds. The number of pyridine rings is 1. The van der Waals surface area contributed by atoms with Crippen molar-refractivity contribution >= 4 is 34.0 Å². The largest absolute Gasteiger partial charge is 0.256 e. The molecule has 1 aromatic carbocycles. The van der Waals surface area contributed by atoms with E-state index >= 15 is 0 Å². The van der Waals surface area contributed by atoms with Crippen LogP contribution in [0.1, 0.15) is 11.3 Å². The molecule has 0 unspecified atom stereocenters. The smallest absolute Gasteiger partial charge is 0.150 e. The number of benzene rings is 1. The maximum absolute atomic E-state index is 13.6. The molecule has 5 heteroatoms. The van der Waals surface area contributed by atoms with Crippen LogP contribution < -0.4 is 0 Å². The molecule has 0 bridgehead atoms. The Morgan fingerprint density at radius 1 is 1.37 bits per heavy atom. The number of rotatable bonds is 3. The van der Waals surface area contributed by atoms with Crippen LogP contribution in [0.15, 0.2) is 40.2 Å². The van der Waals surface area contributed by atoms with Crippen molar-refractivity contribution in [1.82, 2.24) is 9.97 Å². The van der Waals surface area contributed by atoms with Crippen LogP contribution in [0.3, 0.4) is 0 Å². The Balaban J connectivity index is 1.91. The van der Waals surface area contributed by atoms with E-state index in [1.807, 2.05) is 24.4 Å². The lowest BCUT2D eigenvalue weighted by atomic mass is 10.1. The number of hydrogen-bond donors (Lipinski definition) is 0. The number of nitrogens with zero attached hydrogens (tertiary/aromatic N) is 2. The van der Waals surface area contributed by atoms with Gasteiger partial charge in [0.25, 0.3) is 0 Å². The van der Waals surface area contributed by atoms with Crippen molar-refractivity contribution in [3.63, 3.8) is 0 Å². The molecule has 2 heterocycles. The second kappa shape index (κ2) is 5.27. The summed E-state index contributed by atoms with van der Waals surface area (Å²) in [4.78, 5) is 8.74. The first kappa shape index (κ1) is 12.6. The normalized spacial score (nSPS) is 11.1. The lowest BCUT2D eigenvalue weighted by molar-refractivity contribution is 0.628. The van der Waals surface area contributed by atoms with E-state index in [2.05, 4.69) is 9.97 Å². The number of hydrogen-bond acceptors (Lipinski definition) is 4. The highest BCUT2D eigenvalue weighted by Gasteiger charge is 2.07. The van der Waals surface area contributed by atoms with Gasteiger partial charge in [-0.3, -0.25) is 4.98 Å². The van der Waals surface area contributed by atoms with Crippen LogP contribution in [0.5, 0.6) is 0 Å². The van der Waals surface area contributed by atoms with Crippen molar-refractivity contribution in [1.29, 1.82) is 0 Å². The Bertz CT molecular complexity index is 724. The highest BCUT2D eigenvalue weighted by atomic mass is 32.2. The summed E-state index contributed by atoms with van der Waals surface area (Å²) in [7, 11) is 0. The van der Waals surface area contributed by atoms with E-state index < -0.39 is 0 Å². The molecule has 0 atom stereocenters. The SMILES string of the molecule is Cc1csc(SCc2cc(F)cc3cccnc23)n1. The van der Waals surface area contributed by atoms with Gasteiger partial charge in [-0.1, -0.05) is 17.8 Å². The van der Waals surface area contributed by atoms with Crippen LogP contribution in [-0.2, 0) is 5.75 Å². The molecular formula is C14H11FN2S2. The summed E-state index contributed by atoms with van der Waals surface area (Å²) in [5.74, 6) is 0.463. The van der Waals surface area contributed by atoms with Gasteiger partial charge in [-0.15, -0.1) is 11.3 Å². The van der Waals surface area contributed by atoms with Gasteiger partial charge in [0, 0.05) is 28.4 Å². The highest BCUT2D eigenvalue weighted by Crippen LogP contribution is 2.29. The summed E-state index contributed by atoms with van der Waals surface area (Å²) >= 11 is 3.23. The molecule has 0 aliphatic carbocycles. The minimum atomic E-state index is -0.216. The van der Waals surface area contributed by atoms with Crippen molar-refractivity contribution < 1.29 is 4.39 Å². The predicted molar refractivity (Wildman–Crippen MR) is 78.1 cm³/mol. The minimum absolute atomic E-state index is 0.216. The summed E-state index contributed by atoms with van der Waals surface area (Å²) in [5, 5.41) is 2.86. The highest BCUT2D eigenvalue weighted by molar-refractivity contribution is 8.00. The van der Waals surface area contributed by atoms with Gasteiger partial charge in [-0.25, -0.2) is 9.37 Å². The molecule has 0 saturated carbocycles. The molecule has 3 aromatic rings. The van der Waals surface area contributed by atoms with Gasteiger partial charge < -0.3 is 0 Å². The fraction of sp³-hybridized carbons (Fsp3) is 0.143. The van der Waals surface area contributed by atoms with Crippen LogP contribution in [0.25, 0.3) is 10.9 Å². The zero-order valence-corrected chi connectivity index (χ0v) is 11.9. The zero-order valence-electron chi connectivity index (χ0n) is 10.3. The quantitative estimate of drug-likeness (QED) is 0.667. The molecule has 3 rings (SSSR count). The number of aromatic nitrogens is 2. The van der Waals surface area contributed by atoms with Crippen LogP contribution in [-0.4, -0.2) is 9.97 Å². The van der Waals surface area contributed by atoms with Crippen molar-refractivity contribution in [2.75, 3.05) is 0 Å². The number of thioether (sulfide) groups is 1. The van der Waals surface area contributed by atoms with E-state index in [9.17, 15) is 4.39 Å². The third-order valence-corrected chi connectivity index (χ3v) is 4.89. The van der Waals surface area contributed by atoms with Crippen molar-refractivity contribution in [3.05, 3.63) is 52.9 Å². The average Bonchev–Trinajstić information content (AvgIpc) is 2.81. The van der Waals surface area contributed by atoms with Gasteiger partial charge in [-0.2, -0.15) is 0 Å². The van der Waals surface area contributed by atoms with Crippen LogP contribution in [0.4, 0.5) is 4.39 Å². The van der Waals surface area contributed by atoms with Crippen molar-refractivity contribution in [3.8, 4) is 0 Å². The lowest BCUT2D eigenvalue weighted by Gasteiger charge is -2.05. The second-order valence-corrected chi connectivity index (χ2v) is 6.26. The van der Waals surface area contributed by atoms with E-state index in [-0.39, 0.29) is 5.82 Å². The van der Waals surface area contributed by atoms with Gasteiger partial charge in [0.15, 0.2) is 0 Å². The molecule has 0 saturated heterocycles. The van der Waals surface area contributed by atoms with E-state index in [0.717, 1.165) is 26.5 Å². The first-order valence-corrected chi connectivity index (χ1v) is 7.67. The maximum Gasteiger partial charge on any atom is 0.150 e. The van der Waals surface area contributed by atoms with E-state index in [1.165, 1.54) is 6.07 Å². The Morgan fingerprint density at radius 2 is 2.26 bits per heavy atom. The number of halogens is 1. The first-order valence-electron chi connectivity index (χ1n) is 5.80. The number of thiazole rings is 1. The van der Waals surface area contributed by atoms with E-state index in [4.69, 9.17) is 0 Å². The van der Waals surface area contributed by atoms with Gasteiger partial charge in [0.1, 0.15) is 10.2 Å². The topological polar surface area (TPSA) is 25.8 Å². The second-order valence-electron chi connectivity index (χ2n) is 4.18. The molecule has 0 aliphatic rings. The number of fused-ring (bicyclic) bond motifs is 1. The maximum atomic E-state index is 13.6. The Kier molecular flexibility index (Phi) is 3.48. The monoisotopic (exact) mass is 290 g/mol. The van der Waals surface area contributed by atoms with Crippen molar-refractivity contribution in [2.24, 2.45) is 0 Å². The summed E-state index contributed by atoms with van der Waals surface area (Å²) in [6.45, 7) is 1.97. The van der Waals surface area contributed by atoms with Crippen LogP contribution in [0.2, 0.25) is 0 Å². The molecule has 0 fully saturated rings. The third-order valence-electron chi connectivity index (χ3n) is 2.70. The van der Waals surface area contributed by atoms with Gasteiger partial charge in [0.05, 0.1) is 5.52 Å². The van der Waals surface area contributed by atoms with Gasteiger partial charge >= 0.3 is 0 Å². The van der Waals surface area contributed by atoms with Crippen LogP contribution >= 0.6 is 23.1 Å². The molecule has 0 aliphatic heterocycles. The lowest BCUT2D eigenvalue weighted by Crippen LogP contribution is -1.89. The van der Waals surface area contributed by atoms with Gasteiger partial charge in [-0.05, 0) is 30.7 Å². The average molecular weight is 290 g/mol.